The van der Waals surface area contributed by atoms with Crippen molar-refractivity contribution in [2.45, 2.75) is 26.7 Å². The average molecular weight is 328 g/mol. The summed E-state index contributed by atoms with van der Waals surface area (Å²) in [6.45, 7) is 5.10. The summed E-state index contributed by atoms with van der Waals surface area (Å²) in [5.41, 5.74) is 1.23. The van der Waals surface area contributed by atoms with E-state index in [1.165, 1.54) is 10.9 Å². The first-order valence-electron chi connectivity index (χ1n) is 7.96. The molecule has 0 radical (unpaired) electrons. The molecular weight excluding hydrogens is 308 g/mol. The van der Waals surface area contributed by atoms with E-state index >= 15 is 0 Å². The summed E-state index contributed by atoms with van der Waals surface area (Å²) in [5, 5.41) is 4.76. The Morgan fingerprint density at radius 2 is 1.83 bits per heavy atom. The van der Waals surface area contributed by atoms with Gasteiger partial charge >= 0.3 is 0 Å². The largest absolute Gasteiger partial charge is 0.351 e. The summed E-state index contributed by atoms with van der Waals surface area (Å²) in [7, 11) is 0. The van der Waals surface area contributed by atoms with E-state index in [1.54, 1.807) is 10.9 Å². The molecule has 0 spiro atoms. The Morgan fingerprint density at radius 3 is 2.50 bits per heavy atom. The maximum Gasteiger partial charge on any atom is 0.264 e. The fraction of sp³-hybridized carbons (Fsp3) is 0.353. The molecule has 0 fully saturated rings. The molecule has 0 amide bonds. The third kappa shape index (κ3) is 3.22. The van der Waals surface area contributed by atoms with Gasteiger partial charge in [0.15, 0.2) is 11.9 Å². The highest BCUT2D eigenvalue weighted by atomic mass is 16.7. The number of nitrogens with zero attached hydrogens (tertiary/aromatic N) is 4. The van der Waals surface area contributed by atoms with E-state index < -0.39 is 6.29 Å². The van der Waals surface area contributed by atoms with Crippen LogP contribution in [0.5, 0.6) is 0 Å². The Labute approximate surface area is 139 Å². The summed E-state index contributed by atoms with van der Waals surface area (Å²) in [6, 6.07) is 9.59. The zero-order valence-electron chi connectivity index (χ0n) is 13.8. The second-order valence-electron chi connectivity index (χ2n) is 5.17. The maximum atomic E-state index is 12.7. The zero-order valence-corrected chi connectivity index (χ0v) is 13.8. The van der Waals surface area contributed by atoms with Gasteiger partial charge in [-0.3, -0.25) is 9.36 Å². The molecule has 3 rings (SSSR count). The van der Waals surface area contributed by atoms with Crippen LogP contribution in [-0.2, 0) is 16.0 Å². The van der Waals surface area contributed by atoms with Gasteiger partial charge in [0.25, 0.3) is 5.56 Å². The molecule has 0 atom stereocenters. The third-order valence-electron chi connectivity index (χ3n) is 3.61. The van der Waals surface area contributed by atoms with E-state index in [4.69, 9.17) is 9.47 Å². The van der Waals surface area contributed by atoms with Crippen molar-refractivity contribution >= 4 is 11.0 Å². The van der Waals surface area contributed by atoms with Crippen LogP contribution in [0.1, 0.15) is 13.8 Å². The number of ether oxygens (including phenoxy) is 2. The van der Waals surface area contributed by atoms with Crippen LogP contribution in [0, 0.1) is 0 Å². The summed E-state index contributed by atoms with van der Waals surface area (Å²) in [4.78, 5) is 17.1. The van der Waals surface area contributed by atoms with Gasteiger partial charge in [0.2, 0.25) is 0 Å². The van der Waals surface area contributed by atoms with E-state index in [0.717, 1.165) is 5.69 Å². The molecule has 24 heavy (non-hydrogen) atoms. The molecule has 0 aliphatic carbocycles. The summed E-state index contributed by atoms with van der Waals surface area (Å²) in [5.74, 6) is 0. The number of benzene rings is 1. The average Bonchev–Trinajstić information content (AvgIpc) is 3.03. The van der Waals surface area contributed by atoms with Gasteiger partial charge in [-0.05, 0) is 26.0 Å². The van der Waals surface area contributed by atoms with Gasteiger partial charge in [0.05, 0.1) is 18.4 Å². The van der Waals surface area contributed by atoms with Crippen LogP contribution in [0.25, 0.3) is 16.7 Å². The van der Waals surface area contributed by atoms with Crippen molar-refractivity contribution in [2.24, 2.45) is 0 Å². The molecule has 3 aromatic rings. The number of para-hydroxylation sites is 1. The Bertz CT molecular complexity index is 851. The molecule has 0 bridgehead atoms. The standard InChI is InChI=1S/C17H20N4O3/c1-3-23-15(24-4-2)11-20-12-18-16-14(17(20)22)10-19-21(16)13-8-6-5-7-9-13/h5-10,12,15H,3-4,11H2,1-2H3. The minimum atomic E-state index is -0.471. The molecule has 0 N–H and O–H groups in total. The molecule has 2 aromatic heterocycles. The van der Waals surface area contributed by atoms with Crippen LogP contribution in [0.15, 0.2) is 47.7 Å². The molecule has 1 aromatic carbocycles. The lowest BCUT2D eigenvalue weighted by Gasteiger charge is -2.17. The van der Waals surface area contributed by atoms with Crippen molar-refractivity contribution in [2.75, 3.05) is 13.2 Å². The molecule has 2 heterocycles. The van der Waals surface area contributed by atoms with Gasteiger partial charge < -0.3 is 9.47 Å². The third-order valence-corrected chi connectivity index (χ3v) is 3.61. The van der Waals surface area contributed by atoms with Crippen LogP contribution in [-0.4, -0.2) is 38.8 Å². The quantitative estimate of drug-likeness (QED) is 0.620. The first-order valence-corrected chi connectivity index (χ1v) is 7.96. The Balaban J connectivity index is 1.96. The van der Waals surface area contributed by atoms with Crippen LogP contribution in [0.2, 0.25) is 0 Å². The molecule has 0 aliphatic rings. The van der Waals surface area contributed by atoms with E-state index in [1.807, 2.05) is 44.2 Å². The highest BCUT2D eigenvalue weighted by molar-refractivity contribution is 5.74. The van der Waals surface area contributed by atoms with Crippen LogP contribution >= 0.6 is 0 Å². The van der Waals surface area contributed by atoms with Crippen molar-refractivity contribution in [1.29, 1.82) is 0 Å². The Kier molecular flexibility index (Phi) is 5.02. The normalized spacial score (nSPS) is 11.5. The second-order valence-corrected chi connectivity index (χ2v) is 5.17. The minimum absolute atomic E-state index is 0.161. The molecule has 0 aliphatic heterocycles. The molecule has 0 saturated carbocycles. The van der Waals surface area contributed by atoms with Crippen molar-refractivity contribution in [1.82, 2.24) is 19.3 Å². The van der Waals surface area contributed by atoms with Gasteiger partial charge in [-0.25, -0.2) is 9.67 Å². The number of hydrogen-bond donors (Lipinski definition) is 0. The predicted octanol–water partition coefficient (Wildman–Crippen LogP) is 1.98. The fourth-order valence-electron chi connectivity index (χ4n) is 2.52. The maximum absolute atomic E-state index is 12.7. The Hall–Kier alpha value is -2.51. The second kappa shape index (κ2) is 7.37. The summed E-state index contributed by atoms with van der Waals surface area (Å²) >= 11 is 0. The monoisotopic (exact) mass is 328 g/mol. The molecule has 0 saturated heterocycles. The fourth-order valence-corrected chi connectivity index (χ4v) is 2.52. The lowest BCUT2D eigenvalue weighted by molar-refractivity contribution is -0.144. The Morgan fingerprint density at radius 1 is 1.12 bits per heavy atom. The lowest BCUT2D eigenvalue weighted by atomic mass is 10.3. The summed E-state index contributed by atoms with van der Waals surface area (Å²) in [6.07, 6.45) is 2.59. The first-order chi connectivity index (χ1) is 11.7. The molecule has 7 nitrogen and oxygen atoms in total. The number of aromatic nitrogens is 4. The van der Waals surface area contributed by atoms with Crippen LogP contribution in [0.3, 0.4) is 0 Å². The lowest BCUT2D eigenvalue weighted by Crippen LogP contribution is -2.30. The number of rotatable bonds is 7. The highest BCUT2D eigenvalue weighted by Gasteiger charge is 2.15. The first kappa shape index (κ1) is 16.4. The van der Waals surface area contributed by atoms with Gasteiger partial charge in [0, 0.05) is 13.2 Å². The smallest absolute Gasteiger partial charge is 0.264 e. The van der Waals surface area contributed by atoms with E-state index in [9.17, 15) is 4.79 Å². The zero-order chi connectivity index (χ0) is 16.9. The number of fused-ring (bicyclic) bond motifs is 1. The van der Waals surface area contributed by atoms with Crippen LogP contribution < -0.4 is 5.56 Å². The molecule has 7 heteroatoms. The highest BCUT2D eigenvalue weighted by Crippen LogP contribution is 2.13. The van der Waals surface area contributed by atoms with E-state index in [-0.39, 0.29) is 5.56 Å². The van der Waals surface area contributed by atoms with Gasteiger partial charge in [-0.15, -0.1) is 0 Å². The molecular formula is C17H20N4O3. The van der Waals surface area contributed by atoms with Gasteiger partial charge in [-0.2, -0.15) is 5.10 Å². The van der Waals surface area contributed by atoms with E-state index in [0.29, 0.717) is 30.8 Å². The van der Waals surface area contributed by atoms with Crippen molar-refractivity contribution in [3.8, 4) is 5.69 Å². The summed E-state index contributed by atoms with van der Waals surface area (Å²) < 4.78 is 14.1. The molecule has 0 unspecified atom stereocenters. The predicted molar refractivity (Wildman–Crippen MR) is 90.2 cm³/mol. The van der Waals surface area contributed by atoms with Gasteiger partial charge in [-0.1, -0.05) is 18.2 Å². The van der Waals surface area contributed by atoms with Gasteiger partial charge in [0.1, 0.15) is 11.7 Å². The molecule has 126 valence electrons. The van der Waals surface area contributed by atoms with Crippen molar-refractivity contribution in [3.63, 3.8) is 0 Å². The van der Waals surface area contributed by atoms with Crippen molar-refractivity contribution in [3.05, 3.63) is 53.2 Å². The number of hydrogen-bond acceptors (Lipinski definition) is 5. The van der Waals surface area contributed by atoms with Crippen LogP contribution in [0.4, 0.5) is 0 Å². The van der Waals surface area contributed by atoms with E-state index in [2.05, 4.69) is 10.1 Å². The SMILES string of the molecule is CCOC(Cn1cnc2c(cnn2-c2ccccc2)c1=O)OCC. The topological polar surface area (TPSA) is 71.2 Å². The van der Waals surface area contributed by atoms with Crippen molar-refractivity contribution < 1.29 is 9.47 Å². The minimum Gasteiger partial charge on any atom is -0.351 e.